The molecule has 0 aliphatic heterocycles. The zero-order valence-corrected chi connectivity index (χ0v) is 11.8. The summed E-state index contributed by atoms with van der Waals surface area (Å²) in [5.41, 5.74) is 0.173. The van der Waals surface area contributed by atoms with E-state index in [1.807, 2.05) is 6.21 Å². The number of nitrogens with zero attached hydrogens (tertiary/aromatic N) is 1. The van der Waals surface area contributed by atoms with Crippen LogP contribution in [0.5, 0.6) is 0 Å². The highest BCUT2D eigenvalue weighted by Gasteiger charge is 2.35. The van der Waals surface area contributed by atoms with Gasteiger partial charge < -0.3 is 0 Å². The molecule has 0 saturated heterocycles. The van der Waals surface area contributed by atoms with Gasteiger partial charge in [0, 0.05) is 0 Å². The van der Waals surface area contributed by atoms with E-state index in [0.717, 1.165) is 11.8 Å². The first-order valence-corrected chi connectivity index (χ1v) is 7.01. The molecule has 1 heteroatoms. The highest BCUT2D eigenvalue weighted by atomic mass is 14.9. The van der Waals surface area contributed by atoms with Crippen LogP contribution in [0, 0.1) is 17.8 Å². The minimum absolute atomic E-state index is 0.173. The Morgan fingerprint density at radius 2 is 1.81 bits per heavy atom. The van der Waals surface area contributed by atoms with Gasteiger partial charge in [-0.15, -0.1) is 0 Å². The minimum atomic E-state index is 0.173. The van der Waals surface area contributed by atoms with Gasteiger partial charge in [0.25, 0.3) is 0 Å². The van der Waals surface area contributed by atoms with Crippen molar-refractivity contribution in [1.82, 2.24) is 0 Å². The van der Waals surface area contributed by atoms with Crippen molar-refractivity contribution in [3.63, 3.8) is 0 Å². The summed E-state index contributed by atoms with van der Waals surface area (Å²) in [5, 5.41) is 0. The third-order valence-corrected chi connectivity index (χ3v) is 4.93. The average molecular weight is 223 g/mol. The molecule has 0 spiro atoms. The zero-order chi connectivity index (χ0) is 12.2. The molecule has 0 bridgehead atoms. The van der Waals surface area contributed by atoms with Crippen molar-refractivity contribution in [1.29, 1.82) is 0 Å². The highest BCUT2D eigenvalue weighted by molar-refractivity contribution is 5.54. The van der Waals surface area contributed by atoms with Crippen molar-refractivity contribution >= 4 is 6.21 Å². The van der Waals surface area contributed by atoms with Gasteiger partial charge in [0.2, 0.25) is 0 Å². The smallest absolute Gasteiger partial charge is 0.0604 e. The molecular formula is C15H29N. The summed E-state index contributed by atoms with van der Waals surface area (Å²) in [6.45, 7) is 11.6. The van der Waals surface area contributed by atoms with Gasteiger partial charge in [-0.1, -0.05) is 46.5 Å². The van der Waals surface area contributed by atoms with Crippen LogP contribution in [0.2, 0.25) is 0 Å². The van der Waals surface area contributed by atoms with Gasteiger partial charge >= 0.3 is 0 Å². The van der Waals surface area contributed by atoms with Crippen molar-refractivity contribution in [3.05, 3.63) is 0 Å². The van der Waals surface area contributed by atoms with Gasteiger partial charge in [0.1, 0.15) is 0 Å². The van der Waals surface area contributed by atoms with Gasteiger partial charge in [-0.25, -0.2) is 0 Å². The summed E-state index contributed by atoms with van der Waals surface area (Å²) in [6, 6.07) is 0. The summed E-state index contributed by atoms with van der Waals surface area (Å²) in [4.78, 5) is 4.80. The number of aliphatic imine (C=N–C) groups is 1. The predicted octanol–water partition coefficient (Wildman–Crippen LogP) is 4.71. The van der Waals surface area contributed by atoms with E-state index in [1.165, 1.54) is 32.1 Å². The van der Waals surface area contributed by atoms with Crippen molar-refractivity contribution in [2.75, 3.05) is 0 Å². The maximum atomic E-state index is 4.80. The molecule has 1 aliphatic carbocycles. The average Bonchev–Trinajstić information content (AvgIpc) is 2.29. The second-order valence-corrected chi connectivity index (χ2v) is 5.97. The summed E-state index contributed by atoms with van der Waals surface area (Å²) >= 11 is 0. The predicted molar refractivity (Wildman–Crippen MR) is 73.1 cm³/mol. The molecule has 0 amide bonds. The maximum absolute atomic E-state index is 4.80. The highest BCUT2D eigenvalue weighted by Crippen LogP contribution is 2.39. The van der Waals surface area contributed by atoms with Gasteiger partial charge in [0.05, 0.1) is 5.54 Å². The summed E-state index contributed by atoms with van der Waals surface area (Å²) in [6.07, 6.45) is 8.80. The molecule has 0 N–H and O–H groups in total. The fourth-order valence-electron chi connectivity index (χ4n) is 3.15. The Morgan fingerprint density at radius 3 is 2.44 bits per heavy atom. The topological polar surface area (TPSA) is 12.4 Å². The van der Waals surface area contributed by atoms with Crippen molar-refractivity contribution in [3.8, 4) is 0 Å². The molecule has 94 valence electrons. The monoisotopic (exact) mass is 223 g/mol. The van der Waals surface area contributed by atoms with Crippen LogP contribution in [0.3, 0.4) is 0 Å². The molecule has 4 atom stereocenters. The lowest BCUT2D eigenvalue weighted by Gasteiger charge is -2.37. The molecule has 1 fully saturated rings. The van der Waals surface area contributed by atoms with Gasteiger partial charge in [-0.05, 0) is 44.2 Å². The fraction of sp³-hybridized carbons (Fsp3) is 0.933. The van der Waals surface area contributed by atoms with Gasteiger partial charge in [-0.2, -0.15) is 0 Å². The summed E-state index contributed by atoms with van der Waals surface area (Å²) < 4.78 is 0. The molecule has 1 nitrogen and oxygen atoms in total. The molecular weight excluding hydrogens is 194 g/mol. The lowest BCUT2D eigenvalue weighted by atomic mass is 9.72. The Labute approximate surface area is 102 Å². The second-order valence-electron chi connectivity index (χ2n) is 5.97. The maximum Gasteiger partial charge on any atom is 0.0604 e. The Balaban J connectivity index is 2.87. The van der Waals surface area contributed by atoms with Crippen LogP contribution in [0.4, 0.5) is 0 Å². The standard InChI is InChI=1S/C15H29N/c1-6-16-15(5)11-9-7-8-10-12(2)13(3)14(15)4/h6,12-14H,7-11H2,1-5H3/t12-,13?,14?,15?/m1/s1. The quantitative estimate of drug-likeness (QED) is 0.571. The van der Waals surface area contributed by atoms with Crippen LogP contribution < -0.4 is 0 Å². The first-order valence-electron chi connectivity index (χ1n) is 7.01. The molecule has 0 aromatic carbocycles. The molecule has 1 rings (SSSR count). The molecule has 0 radical (unpaired) electrons. The van der Waals surface area contributed by atoms with E-state index in [-0.39, 0.29) is 5.54 Å². The third-order valence-electron chi connectivity index (χ3n) is 4.93. The van der Waals surface area contributed by atoms with Crippen LogP contribution >= 0.6 is 0 Å². The van der Waals surface area contributed by atoms with E-state index >= 15 is 0 Å². The van der Waals surface area contributed by atoms with E-state index < -0.39 is 0 Å². The van der Waals surface area contributed by atoms with Crippen LogP contribution in [0.25, 0.3) is 0 Å². The van der Waals surface area contributed by atoms with Crippen molar-refractivity contribution in [2.45, 2.75) is 72.3 Å². The van der Waals surface area contributed by atoms with E-state index in [9.17, 15) is 0 Å². The zero-order valence-electron chi connectivity index (χ0n) is 11.8. The first-order chi connectivity index (χ1) is 7.51. The molecule has 3 unspecified atom stereocenters. The third kappa shape index (κ3) is 3.09. The van der Waals surface area contributed by atoms with Crippen LogP contribution in [-0.2, 0) is 0 Å². The van der Waals surface area contributed by atoms with Crippen molar-refractivity contribution < 1.29 is 0 Å². The Bertz CT molecular complexity index is 234. The van der Waals surface area contributed by atoms with Crippen LogP contribution in [-0.4, -0.2) is 11.8 Å². The normalized spacial score (nSPS) is 42.7. The molecule has 1 saturated carbocycles. The molecule has 1 aliphatic rings. The van der Waals surface area contributed by atoms with Crippen LogP contribution in [0.15, 0.2) is 4.99 Å². The molecule has 0 aromatic rings. The second kappa shape index (κ2) is 5.84. The number of hydrogen-bond acceptors (Lipinski definition) is 1. The summed E-state index contributed by atoms with van der Waals surface area (Å²) in [7, 11) is 0. The first kappa shape index (κ1) is 13.7. The summed E-state index contributed by atoms with van der Waals surface area (Å²) in [5.74, 6) is 2.32. The van der Waals surface area contributed by atoms with E-state index in [2.05, 4.69) is 34.6 Å². The van der Waals surface area contributed by atoms with Gasteiger partial charge in [-0.3, -0.25) is 4.99 Å². The lowest BCUT2D eigenvalue weighted by Crippen LogP contribution is -2.36. The molecule has 0 heterocycles. The minimum Gasteiger partial charge on any atom is -0.291 e. The number of rotatable bonds is 1. The Kier molecular flexibility index (Phi) is 5.01. The lowest BCUT2D eigenvalue weighted by molar-refractivity contribution is 0.177. The largest absolute Gasteiger partial charge is 0.291 e. The molecule has 0 aromatic heterocycles. The number of hydrogen-bond donors (Lipinski definition) is 0. The van der Waals surface area contributed by atoms with Gasteiger partial charge in [0.15, 0.2) is 0 Å². The Hall–Kier alpha value is -0.330. The Morgan fingerprint density at radius 1 is 1.12 bits per heavy atom. The molecule has 16 heavy (non-hydrogen) atoms. The van der Waals surface area contributed by atoms with E-state index in [4.69, 9.17) is 4.99 Å². The van der Waals surface area contributed by atoms with E-state index in [1.54, 1.807) is 0 Å². The fourth-order valence-corrected chi connectivity index (χ4v) is 3.15. The SMILES string of the molecule is CC=NC1(C)CCCCC[C@@H](C)C(C)C1C. The van der Waals surface area contributed by atoms with Crippen molar-refractivity contribution in [2.24, 2.45) is 22.7 Å². The van der Waals surface area contributed by atoms with Crippen LogP contribution in [0.1, 0.15) is 66.7 Å². The van der Waals surface area contributed by atoms with E-state index in [0.29, 0.717) is 5.92 Å².